The molecule has 0 fully saturated rings. The first-order chi connectivity index (χ1) is 7.70. The molecule has 0 aromatic rings. The predicted octanol–water partition coefficient (Wildman–Crippen LogP) is 1.81. The first-order valence-electron chi connectivity index (χ1n) is 6.36. The Hall–Kier alpha value is -0.610. The lowest BCUT2D eigenvalue weighted by molar-refractivity contribution is -0.140. The molecule has 0 aliphatic rings. The van der Waals surface area contributed by atoms with Crippen molar-refractivity contribution >= 4 is 5.97 Å². The molecule has 0 aromatic carbocycles. The molecule has 0 saturated heterocycles. The average molecular weight is 244 g/mol. The Labute approximate surface area is 105 Å². The molecule has 4 nitrogen and oxygen atoms in total. The molecular formula is C13H28N2O2. The van der Waals surface area contributed by atoms with Crippen LogP contribution >= 0.6 is 0 Å². The van der Waals surface area contributed by atoms with Gasteiger partial charge in [-0.25, -0.2) is 0 Å². The van der Waals surface area contributed by atoms with Crippen LogP contribution in [0, 0.1) is 5.41 Å². The van der Waals surface area contributed by atoms with Crippen molar-refractivity contribution < 1.29 is 9.90 Å². The summed E-state index contributed by atoms with van der Waals surface area (Å²) in [7, 11) is 1.99. The fourth-order valence-electron chi connectivity index (χ4n) is 1.66. The van der Waals surface area contributed by atoms with Crippen LogP contribution in [0.3, 0.4) is 0 Å². The molecule has 0 saturated carbocycles. The lowest BCUT2D eigenvalue weighted by Gasteiger charge is -2.36. The van der Waals surface area contributed by atoms with E-state index in [2.05, 4.69) is 37.9 Å². The monoisotopic (exact) mass is 244 g/mol. The molecule has 0 bridgehead atoms. The summed E-state index contributed by atoms with van der Waals surface area (Å²) in [5, 5.41) is 12.2. The maximum Gasteiger partial charge on any atom is 0.322 e. The van der Waals surface area contributed by atoms with Crippen molar-refractivity contribution in [2.45, 2.75) is 53.1 Å². The van der Waals surface area contributed by atoms with E-state index in [4.69, 9.17) is 5.11 Å². The maximum atomic E-state index is 11.1. The largest absolute Gasteiger partial charge is 0.480 e. The van der Waals surface area contributed by atoms with E-state index in [0.29, 0.717) is 12.6 Å². The van der Waals surface area contributed by atoms with Crippen molar-refractivity contribution in [2.24, 2.45) is 5.41 Å². The number of likely N-dealkylation sites (N-methyl/N-ethyl adjacent to an activating group) is 1. The normalized spacial score (nSPS) is 15.9. The standard InChI is InChI=1S/C13H28N2O2/c1-7-8-14-11(12(16)17)9-15(6)10(2)13(3,4)5/h10-11,14H,7-9H2,1-6H3,(H,16,17). The third kappa shape index (κ3) is 6.03. The van der Waals surface area contributed by atoms with Crippen LogP contribution in [-0.4, -0.2) is 48.2 Å². The number of aliphatic carboxylic acids is 1. The van der Waals surface area contributed by atoms with Crippen molar-refractivity contribution in [1.29, 1.82) is 0 Å². The van der Waals surface area contributed by atoms with Gasteiger partial charge in [-0.3, -0.25) is 4.79 Å². The van der Waals surface area contributed by atoms with Gasteiger partial charge in [-0.15, -0.1) is 0 Å². The van der Waals surface area contributed by atoms with Gasteiger partial charge in [0.15, 0.2) is 0 Å². The van der Waals surface area contributed by atoms with E-state index in [1.807, 2.05) is 14.0 Å². The van der Waals surface area contributed by atoms with Gasteiger partial charge in [-0.2, -0.15) is 0 Å². The summed E-state index contributed by atoms with van der Waals surface area (Å²) < 4.78 is 0. The van der Waals surface area contributed by atoms with Crippen molar-refractivity contribution in [3.8, 4) is 0 Å². The summed E-state index contributed by atoms with van der Waals surface area (Å²) in [6.07, 6.45) is 0.947. The summed E-state index contributed by atoms with van der Waals surface area (Å²) in [5.41, 5.74) is 0.155. The van der Waals surface area contributed by atoms with Crippen molar-refractivity contribution in [3.05, 3.63) is 0 Å². The highest BCUT2D eigenvalue weighted by Crippen LogP contribution is 2.22. The van der Waals surface area contributed by atoms with Gasteiger partial charge in [0, 0.05) is 12.6 Å². The smallest absolute Gasteiger partial charge is 0.322 e. The highest BCUT2D eigenvalue weighted by atomic mass is 16.4. The molecule has 0 aromatic heterocycles. The van der Waals surface area contributed by atoms with E-state index in [1.54, 1.807) is 0 Å². The van der Waals surface area contributed by atoms with Crippen LogP contribution in [0.4, 0.5) is 0 Å². The van der Waals surface area contributed by atoms with Gasteiger partial charge in [0.1, 0.15) is 6.04 Å². The summed E-state index contributed by atoms with van der Waals surface area (Å²) in [6, 6.07) is -0.141. The van der Waals surface area contributed by atoms with Crippen molar-refractivity contribution in [1.82, 2.24) is 10.2 Å². The van der Waals surface area contributed by atoms with Gasteiger partial charge in [0.2, 0.25) is 0 Å². The molecule has 2 unspecified atom stereocenters. The quantitative estimate of drug-likeness (QED) is 0.717. The second-order valence-electron chi connectivity index (χ2n) is 5.83. The number of hydrogen-bond acceptors (Lipinski definition) is 3. The Bertz CT molecular complexity index is 236. The van der Waals surface area contributed by atoms with Crippen LogP contribution in [0.5, 0.6) is 0 Å². The molecule has 17 heavy (non-hydrogen) atoms. The number of carboxylic acids is 1. The first-order valence-corrected chi connectivity index (χ1v) is 6.36. The number of nitrogens with zero attached hydrogens (tertiary/aromatic N) is 1. The van der Waals surface area contributed by atoms with Gasteiger partial charge in [-0.1, -0.05) is 27.7 Å². The zero-order valence-electron chi connectivity index (χ0n) is 12.1. The average Bonchev–Trinajstić information content (AvgIpc) is 2.20. The fraction of sp³-hybridized carbons (Fsp3) is 0.923. The van der Waals surface area contributed by atoms with Crippen LogP contribution in [0.2, 0.25) is 0 Å². The van der Waals surface area contributed by atoms with Crippen molar-refractivity contribution in [2.75, 3.05) is 20.1 Å². The third-order valence-corrected chi connectivity index (χ3v) is 3.32. The summed E-state index contributed by atoms with van der Waals surface area (Å²) in [4.78, 5) is 13.2. The minimum absolute atomic E-state index is 0.155. The molecule has 0 heterocycles. The molecule has 0 aliphatic heterocycles. The minimum atomic E-state index is -0.772. The van der Waals surface area contributed by atoms with E-state index in [9.17, 15) is 4.79 Å². The molecule has 102 valence electrons. The Morgan fingerprint density at radius 2 is 1.94 bits per heavy atom. The molecule has 0 rings (SSSR count). The van der Waals surface area contributed by atoms with Gasteiger partial charge in [0.05, 0.1) is 0 Å². The molecule has 2 atom stereocenters. The second kappa shape index (κ2) is 6.97. The Morgan fingerprint density at radius 1 is 1.41 bits per heavy atom. The van der Waals surface area contributed by atoms with Gasteiger partial charge < -0.3 is 15.3 Å². The highest BCUT2D eigenvalue weighted by Gasteiger charge is 2.27. The summed E-state index contributed by atoms with van der Waals surface area (Å²) in [6.45, 7) is 12.0. The van der Waals surface area contributed by atoms with Crippen molar-refractivity contribution in [3.63, 3.8) is 0 Å². The second-order valence-corrected chi connectivity index (χ2v) is 5.83. The molecule has 4 heteroatoms. The highest BCUT2D eigenvalue weighted by molar-refractivity contribution is 5.73. The molecular weight excluding hydrogens is 216 g/mol. The summed E-state index contributed by atoms with van der Waals surface area (Å²) in [5.74, 6) is -0.772. The predicted molar refractivity (Wildman–Crippen MR) is 71.3 cm³/mol. The zero-order chi connectivity index (χ0) is 13.6. The van der Waals surface area contributed by atoms with Crippen LogP contribution in [0.15, 0.2) is 0 Å². The first kappa shape index (κ1) is 16.4. The van der Waals surface area contributed by atoms with Crippen LogP contribution in [0.1, 0.15) is 41.0 Å². The topological polar surface area (TPSA) is 52.6 Å². The van der Waals surface area contributed by atoms with Gasteiger partial charge in [0.25, 0.3) is 0 Å². The van der Waals surface area contributed by atoms with Crippen LogP contribution < -0.4 is 5.32 Å². The Kier molecular flexibility index (Phi) is 6.72. The van der Waals surface area contributed by atoms with E-state index in [-0.39, 0.29) is 5.41 Å². The number of carbonyl (C=O) groups is 1. The zero-order valence-corrected chi connectivity index (χ0v) is 12.1. The molecule has 0 spiro atoms. The lowest BCUT2D eigenvalue weighted by Crippen LogP contribution is -2.50. The number of carboxylic acid groups (broad SMARTS) is 1. The Morgan fingerprint density at radius 3 is 2.29 bits per heavy atom. The van der Waals surface area contributed by atoms with Gasteiger partial charge >= 0.3 is 5.97 Å². The molecule has 0 aliphatic carbocycles. The Balaban J connectivity index is 4.39. The number of nitrogens with one attached hydrogen (secondary N) is 1. The van der Waals surface area contributed by atoms with Gasteiger partial charge in [-0.05, 0) is 32.4 Å². The molecule has 2 N–H and O–H groups in total. The van der Waals surface area contributed by atoms with Crippen LogP contribution in [-0.2, 0) is 4.79 Å². The summed E-state index contributed by atoms with van der Waals surface area (Å²) >= 11 is 0. The molecule has 0 amide bonds. The molecule has 0 radical (unpaired) electrons. The maximum absolute atomic E-state index is 11.1. The lowest BCUT2D eigenvalue weighted by atomic mass is 9.87. The van der Waals surface area contributed by atoms with E-state index < -0.39 is 12.0 Å². The SMILES string of the molecule is CCCNC(CN(C)C(C)C(C)(C)C)C(=O)O. The van der Waals surface area contributed by atoms with Crippen LogP contribution in [0.25, 0.3) is 0 Å². The number of rotatable bonds is 7. The van der Waals surface area contributed by atoms with E-state index in [0.717, 1.165) is 13.0 Å². The number of hydrogen-bond donors (Lipinski definition) is 2. The minimum Gasteiger partial charge on any atom is -0.480 e. The van der Waals surface area contributed by atoms with E-state index in [1.165, 1.54) is 0 Å². The fourth-order valence-corrected chi connectivity index (χ4v) is 1.66. The van der Waals surface area contributed by atoms with E-state index >= 15 is 0 Å². The third-order valence-electron chi connectivity index (χ3n) is 3.32.